The normalized spacial score (nSPS) is 10.8. The van der Waals surface area contributed by atoms with Crippen molar-refractivity contribution in [2.24, 2.45) is 0 Å². The zero-order valence-corrected chi connectivity index (χ0v) is 14.9. The number of rotatable bonds is 6. The topological polar surface area (TPSA) is 75.3 Å². The summed E-state index contributed by atoms with van der Waals surface area (Å²) in [6, 6.07) is 11.1. The van der Waals surface area contributed by atoms with E-state index in [0.29, 0.717) is 24.3 Å². The van der Waals surface area contributed by atoms with E-state index in [0.717, 1.165) is 16.5 Å². The van der Waals surface area contributed by atoms with Crippen molar-refractivity contribution in [3.05, 3.63) is 75.8 Å². The molecule has 3 rings (SSSR count). The molecule has 0 aliphatic carbocycles. The molecule has 0 atom stereocenters. The first-order valence-electron chi connectivity index (χ1n) is 8.39. The lowest BCUT2D eigenvalue weighted by Crippen LogP contribution is -2.35. The fourth-order valence-electron chi connectivity index (χ4n) is 2.81. The Kier molecular flexibility index (Phi) is 5.43. The summed E-state index contributed by atoms with van der Waals surface area (Å²) in [7, 11) is 1.58. The highest BCUT2D eigenvalue weighted by Gasteiger charge is 2.17. The Labute approximate surface area is 151 Å². The summed E-state index contributed by atoms with van der Waals surface area (Å²) in [5, 5.41) is 0.938. The van der Waals surface area contributed by atoms with E-state index in [4.69, 9.17) is 4.74 Å². The molecule has 2 aromatic heterocycles. The molecule has 0 unspecified atom stereocenters. The van der Waals surface area contributed by atoms with Crippen LogP contribution >= 0.6 is 0 Å². The summed E-state index contributed by atoms with van der Waals surface area (Å²) in [5.41, 5.74) is 2.76. The van der Waals surface area contributed by atoms with Crippen LogP contribution in [0.25, 0.3) is 10.9 Å². The van der Waals surface area contributed by atoms with Crippen LogP contribution in [0.3, 0.4) is 0 Å². The lowest BCUT2D eigenvalue weighted by atomic mass is 10.1. The summed E-state index contributed by atoms with van der Waals surface area (Å²) >= 11 is 0. The summed E-state index contributed by atoms with van der Waals surface area (Å²) in [6.45, 7) is 2.97. The molecule has 0 spiro atoms. The number of amides is 1. The molecular formula is C20H21N3O3. The Hall–Kier alpha value is -2.99. The molecule has 134 valence electrons. The molecule has 3 aromatic rings. The number of hydrogen-bond donors (Lipinski definition) is 1. The zero-order chi connectivity index (χ0) is 18.5. The fraction of sp³-hybridized carbons (Fsp3) is 0.250. The third-order valence-electron chi connectivity index (χ3n) is 4.22. The first-order chi connectivity index (χ1) is 12.6. The number of ether oxygens (including phenoxy) is 1. The Morgan fingerprint density at radius 1 is 1.19 bits per heavy atom. The SMILES string of the molecule is COCCN(Cc1cc2ccc(C)cc2[nH]c1=O)C(=O)c1ccncc1. The van der Waals surface area contributed by atoms with Crippen LogP contribution < -0.4 is 5.56 Å². The highest BCUT2D eigenvalue weighted by Crippen LogP contribution is 2.15. The van der Waals surface area contributed by atoms with Gasteiger partial charge in [0.1, 0.15) is 0 Å². The lowest BCUT2D eigenvalue weighted by molar-refractivity contribution is 0.0679. The maximum Gasteiger partial charge on any atom is 0.254 e. The van der Waals surface area contributed by atoms with Gasteiger partial charge in [0, 0.05) is 42.7 Å². The van der Waals surface area contributed by atoms with Gasteiger partial charge in [0.05, 0.1) is 13.2 Å². The number of aromatic nitrogens is 2. The number of hydrogen-bond acceptors (Lipinski definition) is 4. The predicted molar refractivity (Wildman–Crippen MR) is 100 cm³/mol. The molecule has 1 amide bonds. The van der Waals surface area contributed by atoms with Crippen molar-refractivity contribution in [1.82, 2.24) is 14.9 Å². The molecule has 0 saturated heterocycles. The van der Waals surface area contributed by atoms with Crippen LogP contribution in [0.5, 0.6) is 0 Å². The second kappa shape index (κ2) is 7.93. The Morgan fingerprint density at radius 3 is 2.69 bits per heavy atom. The monoisotopic (exact) mass is 351 g/mol. The van der Waals surface area contributed by atoms with Gasteiger partial charge < -0.3 is 14.6 Å². The van der Waals surface area contributed by atoms with E-state index >= 15 is 0 Å². The van der Waals surface area contributed by atoms with E-state index in [9.17, 15) is 9.59 Å². The highest BCUT2D eigenvalue weighted by molar-refractivity contribution is 5.94. The number of benzene rings is 1. The van der Waals surface area contributed by atoms with Crippen LogP contribution in [0.2, 0.25) is 0 Å². The molecule has 0 fully saturated rings. The quantitative estimate of drug-likeness (QED) is 0.740. The first kappa shape index (κ1) is 17.8. The van der Waals surface area contributed by atoms with E-state index in [-0.39, 0.29) is 18.0 Å². The van der Waals surface area contributed by atoms with Crippen molar-refractivity contribution in [3.8, 4) is 0 Å². The number of nitrogens with zero attached hydrogens (tertiary/aromatic N) is 2. The van der Waals surface area contributed by atoms with Gasteiger partial charge in [0.2, 0.25) is 0 Å². The van der Waals surface area contributed by atoms with Crippen molar-refractivity contribution in [2.75, 3.05) is 20.3 Å². The smallest absolute Gasteiger partial charge is 0.254 e. The number of H-pyrrole nitrogens is 1. The molecule has 0 saturated carbocycles. The Balaban J connectivity index is 1.92. The Morgan fingerprint density at radius 2 is 1.96 bits per heavy atom. The number of pyridine rings is 2. The van der Waals surface area contributed by atoms with Gasteiger partial charge in [-0.25, -0.2) is 0 Å². The molecule has 2 heterocycles. The van der Waals surface area contributed by atoms with Crippen LogP contribution in [0, 0.1) is 6.92 Å². The predicted octanol–water partition coefficient (Wildman–Crippen LogP) is 2.52. The van der Waals surface area contributed by atoms with Crippen molar-refractivity contribution < 1.29 is 9.53 Å². The van der Waals surface area contributed by atoms with Gasteiger partial charge in [-0.2, -0.15) is 0 Å². The number of aromatic amines is 1. The van der Waals surface area contributed by atoms with Gasteiger partial charge in [-0.3, -0.25) is 14.6 Å². The second-order valence-electron chi connectivity index (χ2n) is 6.17. The van der Waals surface area contributed by atoms with E-state index < -0.39 is 0 Å². The van der Waals surface area contributed by atoms with Crippen molar-refractivity contribution in [3.63, 3.8) is 0 Å². The lowest BCUT2D eigenvalue weighted by Gasteiger charge is -2.22. The summed E-state index contributed by atoms with van der Waals surface area (Å²) in [5.74, 6) is -0.159. The van der Waals surface area contributed by atoms with Gasteiger partial charge in [0.25, 0.3) is 11.5 Å². The number of aryl methyl sites for hydroxylation is 1. The maximum atomic E-state index is 12.8. The molecule has 0 aliphatic heterocycles. The molecular weight excluding hydrogens is 330 g/mol. The third-order valence-corrected chi connectivity index (χ3v) is 4.22. The van der Waals surface area contributed by atoms with Crippen LogP contribution in [-0.2, 0) is 11.3 Å². The molecule has 0 bridgehead atoms. The number of nitrogens with one attached hydrogen (secondary N) is 1. The second-order valence-corrected chi connectivity index (χ2v) is 6.17. The molecule has 6 nitrogen and oxygen atoms in total. The molecule has 0 aliphatic rings. The third kappa shape index (κ3) is 3.97. The summed E-state index contributed by atoms with van der Waals surface area (Å²) in [6.07, 6.45) is 3.15. The maximum absolute atomic E-state index is 12.8. The van der Waals surface area contributed by atoms with Crippen LogP contribution in [0.1, 0.15) is 21.5 Å². The van der Waals surface area contributed by atoms with Gasteiger partial charge in [0.15, 0.2) is 0 Å². The molecule has 1 N–H and O–H groups in total. The minimum Gasteiger partial charge on any atom is -0.383 e. The highest BCUT2D eigenvalue weighted by atomic mass is 16.5. The first-order valence-corrected chi connectivity index (χ1v) is 8.39. The van der Waals surface area contributed by atoms with E-state index in [1.54, 1.807) is 36.5 Å². The molecule has 26 heavy (non-hydrogen) atoms. The van der Waals surface area contributed by atoms with E-state index in [2.05, 4.69) is 9.97 Å². The number of fused-ring (bicyclic) bond motifs is 1. The van der Waals surface area contributed by atoms with Crippen LogP contribution in [-0.4, -0.2) is 41.0 Å². The number of carbonyl (C=O) groups is 1. The molecule has 1 aromatic carbocycles. The molecule has 6 heteroatoms. The van der Waals surface area contributed by atoms with Gasteiger partial charge in [-0.05, 0) is 42.1 Å². The minimum absolute atomic E-state index is 0.159. The van der Waals surface area contributed by atoms with E-state index in [1.165, 1.54) is 0 Å². The van der Waals surface area contributed by atoms with Gasteiger partial charge in [-0.1, -0.05) is 12.1 Å². The largest absolute Gasteiger partial charge is 0.383 e. The molecule has 0 radical (unpaired) electrons. The zero-order valence-electron chi connectivity index (χ0n) is 14.9. The average molecular weight is 351 g/mol. The average Bonchev–Trinajstić information content (AvgIpc) is 2.65. The summed E-state index contributed by atoms with van der Waals surface area (Å²) < 4.78 is 5.12. The standard InChI is InChI=1S/C20H21N3O3/c1-14-3-4-16-12-17(19(24)22-18(16)11-14)13-23(9-10-26-2)20(25)15-5-7-21-8-6-15/h3-8,11-12H,9-10,13H2,1-2H3,(H,22,24). The number of methoxy groups -OCH3 is 1. The van der Waals surface area contributed by atoms with Crippen LogP contribution in [0.4, 0.5) is 0 Å². The summed E-state index contributed by atoms with van der Waals surface area (Å²) in [4.78, 5) is 33.7. The van der Waals surface area contributed by atoms with Crippen molar-refractivity contribution in [2.45, 2.75) is 13.5 Å². The van der Waals surface area contributed by atoms with Gasteiger partial charge >= 0.3 is 0 Å². The van der Waals surface area contributed by atoms with Gasteiger partial charge in [-0.15, -0.1) is 0 Å². The Bertz CT molecular complexity index is 967. The van der Waals surface area contributed by atoms with Crippen molar-refractivity contribution >= 4 is 16.8 Å². The van der Waals surface area contributed by atoms with Crippen LogP contribution in [0.15, 0.2) is 53.6 Å². The van der Waals surface area contributed by atoms with E-state index in [1.807, 2.05) is 31.2 Å². The van der Waals surface area contributed by atoms with Crippen molar-refractivity contribution in [1.29, 1.82) is 0 Å². The fourth-order valence-corrected chi connectivity index (χ4v) is 2.81. The number of carbonyl (C=O) groups excluding carboxylic acids is 1. The minimum atomic E-state index is -0.187.